The third-order valence-corrected chi connectivity index (χ3v) is 25.4. The van der Waals surface area contributed by atoms with Crippen molar-refractivity contribution < 1.29 is 169 Å². The molecule has 0 aliphatic carbocycles. The highest BCUT2D eigenvalue weighted by Gasteiger charge is 2.48. The molecule has 0 radical (unpaired) electrons. The van der Waals surface area contributed by atoms with E-state index in [0.29, 0.717) is 74.6 Å². The van der Waals surface area contributed by atoms with Gasteiger partial charge in [-0.3, -0.25) is 56.5 Å². The summed E-state index contributed by atoms with van der Waals surface area (Å²) in [6, 6.07) is -1.14. The number of carbonyl (C=O) groups is 8. The quantitative estimate of drug-likeness (QED) is 0.0174. The number of fused-ring (bicyclic) bond motifs is 1. The van der Waals surface area contributed by atoms with Gasteiger partial charge in [-0.15, -0.1) is 0 Å². The Bertz CT molecular complexity index is 3630. The predicted molar refractivity (Wildman–Crippen MR) is 450 cm³/mol. The number of aromatic nitrogens is 4. The van der Waals surface area contributed by atoms with Crippen LogP contribution < -0.4 is 37.2 Å². The van der Waals surface area contributed by atoms with E-state index in [1.807, 2.05) is 0 Å². The minimum atomic E-state index is -5.17. The number of hydrogen-bond acceptors (Lipinski definition) is 36. The maximum Gasteiger partial charge on any atom is 0.472 e. The Kier molecular flexibility index (Phi) is 47.8. The maximum atomic E-state index is 14.6. The summed E-state index contributed by atoms with van der Waals surface area (Å²) in [5, 5.41) is 120. The fraction of sp³-hybridized carbons (Fsp3) is 0.838. The van der Waals surface area contributed by atoms with Gasteiger partial charge < -0.3 is 155 Å². The molecule has 2 aromatic rings. The summed E-state index contributed by atoms with van der Waals surface area (Å²) in [6.07, 6.45) is -12.8. The maximum absolute atomic E-state index is 14.6. The second-order valence-corrected chi connectivity index (χ2v) is 37.2. The van der Waals surface area contributed by atoms with E-state index in [0.717, 1.165) is 4.90 Å². The second-order valence-electron chi connectivity index (χ2n) is 33.4. The van der Waals surface area contributed by atoms with E-state index >= 15 is 0 Å². The van der Waals surface area contributed by atoms with Crippen LogP contribution in [-0.2, 0) is 108 Å². The average molecular weight is 1890 g/mol. The number of phosphoric ester groups is 1. The number of carbonyl (C=O) groups excluding carboxylic acids is 8. The summed E-state index contributed by atoms with van der Waals surface area (Å²) < 4.78 is 103. The molecule has 0 aromatic carbocycles. The van der Waals surface area contributed by atoms with Gasteiger partial charge in [0.1, 0.15) is 78.9 Å². The second kappa shape index (κ2) is 56.2. The van der Waals surface area contributed by atoms with E-state index in [1.54, 1.807) is 27.7 Å². The lowest BCUT2D eigenvalue weighted by Crippen LogP contribution is -2.59. The molecule has 129 heavy (non-hydrogen) atoms. The average Bonchev–Trinajstić information content (AvgIpc) is 1.63. The SMILES string of the molecule is Cc1ncnc2c1ncn2[C@H]1C[C@H](OP(=O)(O)OC[C@H]2C[C@H](O)CN2C(=O)CC(=O)NC(COCCC(=O)NCCCNC(=O)CCCCO[C@@H]2OC(CO)[C@H](O)C(O)[C@@H]2C)(COCCC(=O)NCCCNC(=O)CCCCO[C@@H]2OC(CO)[C@H](O)C(O)[C@@H]2C)COCCC(=O)NCCCNC(=O)CCCCO[C@@H]2OC(CO)[C@H](O)C(O)[C@@H]2C)[C@@H](COP(=O)(O)C(C)C)O1. The van der Waals surface area contributed by atoms with Gasteiger partial charge in [0.2, 0.25) is 47.3 Å². The summed E-state index contributed by atoms with van der Waals surface area (Å²) in [4.78, 5) is 143. The predicted octanol–water partition coefficient (Wildman–Crippen LogP) is -3.38. The van der Waals surface area contributed by atoms with Gasteiger partial charge in [0.15, 0.2) is 24.5 Å². The number of unbranched alkanes of at least 4 members (excludes halogenated alkanes) is 3. The summed E-state index contributed by atoms with van der Waals surface area (Å²) in [6.45, 7) is 5.63. The van der Waals surface area contributed by atoms with Crippen LogP contribution in [0.25, 0.3) is 11.2 Å². The van der Waals surface area contributed by atoms with Gasteiger partial charge in [-0.2, -0.15) is 0 Å². The highest BCUT2D eigenvalue weighted by Crippen LogP contribution is 2.52. The first kappa shape index (κ1) is 110. The van der Waals surface area contributed by atoms with E-state index in [2.05, 4.69) is 52.2 Å². The number of imidazole rings is 1. The molecule has 7 heterocycles. The number of nitrogens with zero attached hydrogens (tertiary/aromatic N) is 5. The smallest absolute Gasteiger partial charge is 0.394 e. The number of likely N-dealkylation sites (tertiary alicyclic amines) is 1. The third-order valence-electron chi connectivity index (χ3n) is 22.6. The molecule has 0 bridgehead atoms. The molecule has 47 nitrogen and oxygen atoms in total. The minimum absolute atomic E-state index is 0.141. The van der Waals surface area contributed by atoms with Crippen LogP contribution in [0.3, 0.4) is 0 Å². The first-order chi connectivity index (χ1) is 61.5. The molecular formula is C80H138N12O35P2. The van der Waals surface area contributed by atoms with E-state index in [-0.39, 0.29) is 155 Å². The van der Waals surface area contributed by atoms with Gasteiger partial charge in [-0.25, -0.2) is 19.5 Å². The van der Waals surface area contributed by atoms with Crippen molar-refractivity contribution >= 4 is 73.8 Å². The monoisotopic (exact) mass is 1890 g/mol. The normalized spacial score (nSPS) is 27.9. The molecule has 8 amide bonds. The lowest BCUT2D eigenvalue weighted by molar-refractivity contribution is -0.282. The first-order valence-corrected chi connectivity index (χ1v) is 47.4. The zero-order chi connectivity index (χ0) is 94.4. The molecule has 738 valence electrons. The largest absolute Gasteiger partial charge is 0.472 e. The van der Waals surface area contributed by atoms with Crippen LogP contribution >= 0.6 is 15.4 Å². The van der Waals surface area contributed by atoms with Crippen LogP contribution in [-0.4, -0.2) is 380 Å². The molecule has 5 fully saturated rings. The molecule has 0 saturated carbocycles. The fourth-order valence-electron chi connectivity index (χ4n) is 14.6. The van der Waals surface area contributed by atoms with Gasteiger partial charge >= 0.3 is 15.4 Å². The molecule has 19 N–H and O–H groups in total. The number of phosphoric acid groups is 1. The van der Waals surface area contributed by atoms with Crippen LogP contribution in [0.15, 0.2) is 12.7 Å². The van der Waals surface area contributed by atoms with E-state index in [9.17, 15) is 108 Å². The molecule has 8 unspecified atom stereocenters. The number of amides is 8. The number of nitrogens with one attached hydrogen (secondary N) is 7. The molecule has 22 atom stereocenters. The topological polar surface area (TPSA) is 665 Å². The molecule has 5 aliphatic rings. The summed E-state index contributed by atoms with van der Waals surface area (Å²) in [7, 11) is -9.39. The van der Waals surface area contributed by atoms with Crippen LogP contribution in [0.5, 0.6) is 0 Å². The molecule has 2 aromatic heterocycles. The lowest BCUT2D eigenvalue weighted by atomic mass is 9.92. The highest BCUT2D eigenvalue weighted by atomic mass is 31.2. The Morgan fingerprint density at radius 3 is 1.29 bits per heavy atom. The summed E-state index contributed by atoms with van der Waals surface area (Å²) in [5.74, 6) is -5.77. The fourth-order valence-corrected chi connectivity index (χ4v) is 16.3. The van der Waals surface area contributed by atoms with E-state index in [4.69, 9.17) is 60.9 Å². The van der Waals surface area contributed by atoms with Crippen molar-refractivity contribution in [2.24, 2.45) is 17.8 Å². The van der Waals surface area contributed by atoms with Gasteiger partial charge in [-0.05, 0) is 71.1 Å². The van der Waals surface area contributed by atoms with Gasteiger partial charge in [0.05, 0.1) is 121 Å². The van der Waals surface area contributed by atoms with Crippen molar-refractivity contribution in [3.8, 4) is 0 Å². The van der Waals surface area contributed by atoms with Gasteiger partial charge in [-0.1, -0.05) is 34.6 Å². The molecule has 49 heteroatoms. The first-order valence-electron chi connectivity index (χ1n) is 44.3. The van der Waals surface area contributed by atoms with Gasteiger partial charge in [0, 0.05) is 128 Å². The van der Waals surface area contributed by atoms with Crippen molar-refractivity contribution in [1.82, 2.24) is 61.6 Å². The number of ether oxygens (including phenoxy) is 10. The number of aliphatic hydroxyl groups excluding tert-OH is 10. The molecule has 5 saturated heterocycles. The Labute approximate surface area is 748 Å². The lowest BCUT2D eigenvalue weighted by Gasteiger charge is -2.40. The van der Waals surface area contributed by atoms with Crippen molar-refractivity contribution in [2.75, 3.05) is 138 Å². The zero-order valence-corrected chi connectivity index (χ0v) is 76.0. The van der Waals surface area contributed by atoms with Crippen molar-refractivity contribution in [3.05, 3.63) is 18.3 Å². The Hall–Kier alpha value is -6.23. The number of aryl methyl sites for hydroxylation is 1. The number of hydrogen-bond donors (Lipinski definition) is 19. The van der Waals surface area contributed by atoms with E-state index in [1.165, 1.54) is 31.1 Å². The molecular weight excluding hydrogens is 1750 g/mol. The standard InChI is InChI=1S/C80H138N12O35P2/c1-48(2)128(111,112)121-42-59-55(35-68(123-59)92-47-89-69-52(6)87-46-88-76(69)92)127-129(113,114)122-41-53-34-54(96)37-91(53)67(104)36-66(103)90-80(43-115-31-19-63(100)84-25-13-22-81-60(97)16-7-10-28-118-77-49(3)70(105)73(108)56(38-93)124-77,44-116-32-20-64(101)85-26-14-23-82-61(98)17-8-11-29-119-78-50(4)71(106)74(109)57(39-94)125-78)45-117-33-21-65(102)86-27-15-24-83-62(99)18-9-12-30-120-79-51(5)72(107)75(110)58(40-95)126-79/h46-51,53-59,68,70-75,77-79,93-96,105-110H,7-45H2,1-6H3,(H,81,97)(H,82,98)(H,83,99)(H,84,100)(H,85,101)(H,86,102)(H,90,103)(H,111,112)(H,113,114)/t49-,50-,51-,53+,54-,55-,56?,57?,58?,59+,68+,70?,71?,72?,73-,74-,75-,77+,78+,79+,80?/m0/s1. The Morgan fingerprint density at radius 2 is 0.899 bits per heavy atom. The number of aliphatic hydroxyl groups is 10. The van der Waals surface area contributed by atoms with Gasteiger partial charge in [0.25, 0.3) is 0 Å². The third kappa shape index (κ3) is 36.5. The Morgan fingerprint density at radius 1 is 0.496 bits per heavy atom. The summed E-state index contributed by atoms with van der Waals surface area (Å²) in [5.41, 5.74) is -1.29. The van der Waals surface area contributed by atoms with Crippen LogP contribution in [0.4, 0.5) is 0 Å². The van der Waals surface area contributed by atoms with Crippen molar-refractivity contribution in [1.29, 1.82) is 0 Å². The minimum Gasteiger partial charge on any atom is -0.394 e. The summed E-state index contributed by atoms with van der Waals surface area (Å²) >= 11 is 0. The molecule has 5 aliphatic heterocycles. The van der Waals surface area contributed by atoms with Crippen molar-refractivity contribution in [2.45, 2.75) is 273 Å². The zero-order valence-electron chi connectivity index (χ0n) is 74.2. The highest BCUT2D eigenvalue weighted by molar-refractivity contribution is 7.53. The van der Waals surface area contributed by atoms with Crippen LogP contribution in [0.2, 0.25) is 0 Å². The van der Waals surface area contributed by atoms with Crippen molar-refractivity contribution in [3.63, 3.8) is 0 Å². The number of β-amino-alcohol motifs (C(OH)–C–C–N with tert-alkyl or cyclic N) is 1. The molecule has 0 spiro atoms. The molecule has 7 rings (SSSR count). The number of rotatable bonds is 61. The Balaban J connectivity index is 0.953. The van der Waals surface area contributed by atoms with E-state index < -0.39 is 238 Å². The van der Waals surface area contributed by atoms with Crippen LogP contribution in [0.1, 0.15) is 162 Å². The van der Waals surface area contributed by atoms with Crippen LogP contribution in [0, 0.1) is 24.7 Å².